The maximum absolute atomic E-state index is 6.14. The first kappa shape index (κ1) is 15.5. The standard InChI is InChI=1S/C17H20INO/c1-19(2)11-12-20-17(14-7-4-3-5-8-14)15-9-6-10-16(18)13-15/h3-10,13,17H,11-12H2,1-2H3. The highest BCUT2D eigenvalue weighted by Crippen LogP contribution is 2.26. The monoisotopic (exact) mass is 381 g/mol. The number of benzene rings is 2. The Bertz CT molecular complexity index is 528. The molecule has 0 spiro atoms. The third kappa shape index (κ3) is 4.58. The smallest absolute Gasteiger partial charge is 0.108 e. The summed E-state index contributed by atoms with van der Waals surface area (Å²) < 4.78 is 7.37. The Hall–Kier alpha value is -0.910. The second-order valence-electron chi connectivity index (χ2n) is 5.02. The number of hydrogen-bond donors (Lipinski definition) is 0. The van der Waals surface area contributed by atoms with Crippen molar-refractivity contribution >= 4 is 22.6 Å². The van der Waals surface area contributed by atoms with Crippen LogP contribution in [0.15, 0.2) is 54.6 Å². The third-order valence-corrected chi connectivity index (χ3v) is 3.75. The Labute approximate surface area is 134 Å². The lowest BCUT2D eigenvalue weighted by molar-refractivity contribution is 0.0687. The molecule has 2 aromatic rings. The van der Waals surface area contributed by atoms with Crippen LogP contribution in [0.2, 0.25) is 0 Å². The largest absolute Gasteiger partial charge is 0.367 e. The fourth-order valence-electron chi connectivity index (χ4n) is 2.04. The highest BCUT2D eigenvalue weighted by atomic mass is 127. The van der Waals surface area contributed by atoms with E-state index in [-0.39, 0.29) is 6.10 Å². The molecular formula is C17H20INO. The van der Waals surface area contributed by atoms with Crippen LogP contribution in [0.5, 0.6) is 0 Å². The molecule has 2 rings (SSSR count). The second-order valence-corrected chi connectivity index (χ2v) is 6.27. The molecule has 0 aliphatic carbocycles. The van der Waals surface area contributed by atoms with Crippen molar-refractivity contribution in [2.75, 3.05) is 27.2 Å². The average Bonchev–Trinajstić information content (AvgIpc) is 2.44. The van der Waals surface area contributed by atoms with Gasteiger partial charge in [-0.15, -0.1) is 0 Å². The molecule has 2 aromatic carbocycles. The molecule has 0 radical (unpaired) electrons. The molecule has 0 bridgehead atoms. The quantitative estimate of drug-likeness (QED) is 0.703. The van der Waals surface area contributed by atoms with Crippen LogP contribution in [0, 0.1) is 3.57 Å². The van der Waals surface area contributed by atoms with Gasteiger partial charge < -0.3 is 9.64 Å². The molecule has 1 atom stereocenters. The molecule has 3 heteroatoms. The first-order chi connectivity index (χ1) is 9.66. The fraction of sp³-hybridized carbons (Fsp3) is 0.294. The van der Waals surface area contributed by atoms with Gasteiger partial charge in [-0.2, -0.15) is 0 Å². The van der Waals surface area contributed by atoms with E-state index in [0.717, 1.165) is 13.2 Å². The van der Waals surface area contributed by atoms with Gasteiger partial charge in [-0.3, -0.25) is 0 Å². The molecule has 0 N–H and O–H groups in total. The lowest BCUT2D eigenvalue weighted by Gasteiger charge is -2.20. The highest BCUT2D eigenvalue weighted by Gasteiger charge is 2.14. The normalized spacial score (nSPS) is 12.6. The van der Waals surface area contributed by atoms with E-state index in [4.69, 9.17) is 4.74 Å². The molecule has 2 nitrogen and oxygen atoms in total. The summed E-state index contributed by atoms with van der Waals surface area (Å²) in [7, 11) is 4.12. The van der Waals surface area contributed by atoms with Gasteiger partial charge in [-0.1, -0.05) is 42.5 Å². The molecule has 0 saturated heterocycles. The zero-order chi connectivity index (χ0) is 14.4. The molecule has 1 unspecified atom stereocenters. The Kier molecular flexibility index (Phi) is 6.01. The lowest BCUT2D eigenvalue weighted by atomic mass is 10.0. The van der Waals surface area contributed by atoms with E-state index < -0.39 is 0 Å². The van der Waals surface area contributed by atoms with E-state index in [1.807, 2.05) is 6.07 Å². The van der Waals surface area contributed by atoms with E-state index in [1.54, 1.807) is 0 Å². The van der Waals surface area contributed by atoms with Crippen molar-refractivity contribution in [3.63, 3.8) is 0 Å². The summed E-state index contributed by atoms with van der Waals surface area (Å²) in [6.45, 7) is 1.64. The van der Waals surface area contributed by atoms with Gasteiger partial charge in [0, 0.05) is 10.1 Å². The van der Waals surface area contributed by atoms with E-state index in [1.165, 1.54) is 14.7 Å². The maximum atomic E-state index is 6.14. The predicted octanol–water partition coefficient (Wildman–Crippen LogP) is 3.96. The molecule has 20 heavy (non-hydrogen) atoms. The van der Waals surface area contributed by atoms with Gasteiger partial charge in [0.1, 0.15) is 6.10 Å². The first-order valence-electron chi connectivity index (χ1n) is 6.73. The molecule has 0 aliphatic rings. The van der Waals surface area contributed by atoms with Gasteiger partial charge in [0.05, 0.1) is 6.61 Å². The van der Waals surface area contributed by atoms with Crippen molar-refractivity contribution in [3.05, 3.63) is 69.3 Å². The minimum atomic E-state index is 0.00543. The van der Waals surface area contributed by atoms with Crippen LogP contribution >= 0.6 is 22.6 Å². The number of likely N-dealkylation sites (N-methyl/N-ethyl adjacent to an activating group) is 1. The van der Waals surface area contributed by atoms with Crippen molar-refractivity contribution in [3.8, 4) is 0 Å². The SMILES string of the molecule is CN(C)CCOC(c1ccccc1)c1cccc(I)c1. The molecule has 0 aliphatic heterocycles. The van der Waals surface area contributed by atoms with Gasteiger partial charge in [0.2, 0.25) is 0 Å². The number of rotatable bonds is 6. The summed E-state index contributed by atoms with van der Waals surface area (Å²) in [5.41, 5.74) is 2.41. The molecule has 0 saturated carbocycles. The van der Waals surface area contributed by atoms with Crippen LogP contribution in [-0.4, -0.2) is 32.1 Å². The zero-order valence-electron chi connectivity index (χ0n) is 11.9. The molecule has 0 fully saturated rings. The van der Waals surface area contributed by atoms with Crippen molar-refractivity contribution in [2.24, 2.45) is 0 Å². The minimum Gasteiger partial charge on any atom is -0.367 e. The molecule has 0 heterocycles. The van der Waals surface area contributed by atoms with Crippen LogP contribution < -0.4 is 0 Å². The van der Waals surface area contributed by atoms with Gasteiger partial charge >= 0.3 is 0 Å². The van der Waals surface area contributed by atoms with Gasteiger partial charge in [0.25, 0.3) is 0 Å². The number of nitrogens with zero attached hydrogens (tertiary/aromatic N) is 1. The second kappa shape index (κ2) is 7.76. The summed E-state index contributed by atoms with van der Waals surface area (Å²) in [5, 5.41) is 0. The molecule has 0 amide bonds. The predicted molar refractivity (Wildman–Crippen MR) is 92.0 cm³/mol. The average molecular weight is 381 g/mol. The van der Waals surface area contributed by atoms with Crippen LogP contribution in [-0.2, 0) is 4.74 Å². The molecular weight excluding hydrogens is 361 g/mol. The Morgan fingerprint density at radius 1 is 1.00 bits per heavy atom. The maximum Gasteiger partial charge on any atom is 0.108 e. The Balaban J connectivity index is 2.20. The van der Waals surface area contributed by atoms with E-state index in [2.05, 4.69) is 90.1 Å². The van der Waals surface area contributed by atoms with E-state index in [9.17, 15) is 0 Å². The highest BCUT2D eigenvalue weighted by molar-refractivity contribution is 14.1. The summed E-state index contributed by atoms with van der Waals surface area (Å²) in [6.07, 6.45) is 0.00543. The summed E-state index contributed by atoms with van der Waals surface area (Å²) in [6, 6.07) is 18.9. The third-order valence-electron chi connectivity index (χ3n) is 3.08. The number of ether oxygens (including phenoxy) is 1. The summed E-state index contributed by atoms with van der Waals surface area (Å²) in [4.78, 5) is 2.14. The first-order valence-corrected chi connectivity index (χ1v) is 7.81. The molecule has 0 aromatic heterocycles. The summed E-state index contributed by atoms with van der Waals surface area (Å²) >= 11 is 2.34. The fourth-order valence-corrected chi connectivity index (χ4v) is 2.60. The topological polar surface area (TPSA) is 12.5 Å². The lowest BCUT2D eigenvalue weighted by Crippen LogP contribution is -2.20. The van der Waals surface area contributed by atoms with Gasteiger partial charge in [-0.25, -0.2) is 0 Å². The van der Waals surface area contributed by atoms with Crippen molar-refractivity contribution in [1.82, 2.24) is 4.90 Å². The Morgan fingerprint density at radius 2 is 1.70 bits per heavy atom. The van der Waals surface area contributed by atoms with Crippen LogP contribution in [0.3, 0.4) is 0 Å². The Morgan fingerprint density at radius 3 is 2.35 bits per heavy atom. The van der Waals surface area contributed by atoms with Gasteiger partial charge in [-0.05, 0) is 59.9 Å². The van der Waals surface area contributed by atoms with Crippen LogP contribution in [0.4, 0.5) is 0 Å². The van der Waals surface area contributed by atoms with Crippen LogP contribution in [0.1, 0.15) is 17.2 Å². The number of hydrogen-bond acceptors (Lipinski definition) is 2. The number of halogens is 1. The minimum absolute atomic E-state index is 0.00543. The van der Waals surface area contributed by atoms with Gasteiger partial charge in [0.15, 0.2) is 0 Å². The zero-order valence-corrected chi connectivity index (χ0v) is 14.1. The van der Waals surface area contributed by atoms with E-state index in [0.29, 0.717) is 0 Å². The molecule has 106 valence electrons. The van der Waals surface area contributed by atoms with Crippen molar-refractivity contribution in [1.29, 1.82) is 0 Å². The van der Waals surface area contributed by atoms with Crippen molar-refractivity contribution < 1.29 is 4.74 Å². The van der Waals surface area contributed by atoms with Crippen LogP contribution in [0.25, 0.3) is 0 Å². The van der Waals surface area contributed by atoms with Crippen molar-refractivity contribution in [2.45, 2.75) is 6.10 Å². The summed E-state index contributed by atoms with van der Waals surface area (Å²) in [5.74, 6) is 0. The van der Waals surface area contributed by atoms with E-state index >= 15 is 0 Å².